The molecule has 2 heterocycles. The standard InChI is InChI=1S/C24H21N3O4S/c1-29-19-11-9-17(10-12-19)14-22-23(28)27(16-20-7-5-13-31-20)24(32-22)26-25-15-18-6-3-4-8-21(18)30-2/h3-15H,16H2,1-2H3/b22-14-,25-15-,26-24+. The van der Waals surface area contributed by atoms with Crippen LogP contribution in [0.2, 0.25) is 0 Å². The average Bonchev–Trinajstić information content (AvgIpc) is 3.44. The van der Waals surface area contributed by atoms with Gasteiger partial charge in [-0.15, -0.1) is 5.10 Å². The van der Waals surface area contributed by atoms with Crippen molar-refractivity contribution in [2.75, 3.05) is 14.2 Å². The van der Waals surface area contributed by atoms with Crippen LogP contribution in [0.5, 0.6) is 11.5 Å². The van der Waals surface area contributed by atoms with Gasteiger partial charge in [0.25, 0.3) is 5.91 Å². The van der Waals surface area contributed by atoms with Gasteiger partial charge in [0.2, 0.25) is 0 Å². The summed E-state index contributed by atoms with van der Waals surface area (Å²) in [5.74, 6) is 1.95. The van der Waals surface area contributed by atoms with E-state index in [1.165, 1.54) is 11.8 Å². The SMILES string of the molecule is COc1ccc(/C=C2\S/C(=N/N=C\c3ccccc3OC)N(Cc3ccco3)C2=O)cc1. The van der Waals surface area contributed by atoms with Gasteiger partial charge < -0.3 is 13.9 Å². The second kappa shape index (κ2) is 10.0. The van der Waals surface area contributed by atoms with Gasteiger partial charge in [-0.2, -0.15) is 5.10 Å². The first kappa shape index (κ1) is 21.5. The van der Waals surface area contributed by atoms with E-state index in [-0.39, 0.29) is 12.5 Å². The number of methoxy groups -OCH3 is 2. The number of amides is 1. The van der Waals surface area contributed by atoms with Crippen LogP contribution in [-0.4, -0.2) is 36.4 Å². The zero-order chi connectivity index (χ0) is 22.3. The normalized spacial score (nSPS) is 16.4. The zero-order valence-electron chi connectivity index (χ0n) is 17.6. The maximum atomic E-state index is 13.1. The van der Waals surface area contributed by atoms with Gasteiger partial charge in [-0.3, -0.25) is 9.69 Å². The molecule has 0 unspecified atom stereocenters. The molecule has 32 heavy (non-hydrogen) atoms. The predicted octanol–water partition coefficient (Wildman–Crippen LogP) is 4.80. The molecule has 1 saturated heterocycles. The minimum Gasteiger partial charge on any atom is -0.497 e. The molecule has 0 radical (unpaired) electrons. The summed E-state index contributed by atoms with van der Waals surface area (Å²) in [6.45, 7) is 0.266. The summed E-state index contributed by atoms with van der Waals surface area (Å²) < 4.78 is 16.0. The van der Waals surface area contributed by atoms with Crippen LogP contribution in [0.3, 0.4) is 0 Å². The molecular formula is C24H21N3O4S. The van der Waals surface area contributed by atoms with Crippen molar-refractivity contribution >= 4 is 35.1 Å². The Kier molecular flexibility index (Phi) is 6.72. The van der Waals surface area contributed by atoms with Gasteiger partial charge in [0.05, 0.1) is 38.1 Å². The highest BCUT2D eigenvalue weighted by atomic mass is 32.2. The summed E-state index contributed by atoms with van der Waals surface area (Å²) in [4.78, 5) is 15.2. The quantitative estimate of drug-likeness (QED) is 0.295. The molecule has 0 saturated carbocycles. The van der Waals surface area contributed by atoms with Gasteiger partial charge in [-0.05, 0) is 59.8 Å². The summed E-state index contributed by atoms with van der Waals surface area (Å²) in [5, 5.41) is 9.00. The lowest BCUT2D eigenvalue weighted by molar-refractivity contribution is -0.122. The molecule has 162 valence electrons. The van der Waals surface area contributed by atoms with Gasteiger partial charge in [-0.1, -0.05) is 24.3 Å². The number of furan rings is 1. The summed E-state index contributed by atoms with van der Waals surface area (Å²) in [7, 11) is 3.22. The van der Waals surface area contributed by atoms with Crippen molar-refractivity contribution in [1.82, 2.24) is 4.90 Å². The second-order valence-electron chi connectivity index (χ2n) is 6.72. The first-order chi connectivity index (χ1) is 15.7. The topological polar surface area (TPSA) is 76.6 Å². The highest BCUT2D eigenvalue weighted by Gasteiger charge is 2.34. The van der Waals surface area contributed by atoms with Gasteiger partial charge in [0, 0.05) is 5.56 Å². The molecular weight excluding hydrogens is 426 g/mol. The first-order valence-corrected chi connectivity index (χ1v) is 10.6. The summed E-state index contributed by atoms with van der Waals surface area (Å²) in [6.07, 6.45) is 5.01. The number of benzene rings is 2. The number of carbonyl (C=O) groups is 1. The fraction of sp³-hybridized carbons (Fsp3) is 0.125. The van der Waals surface area contributed by atoms with Crippen molar-refractivity contribution in [3.63, 3.8) is 0 Å². The summed E-state index contributed by atoms with van der Waals surface area (Å²) in [5.41, 5.74) is 1.68. The number of thioether (sulfide) groups is 1. The van der Waals surface area contributed by atoms with Gasteiger partial charge in [-0.25, -0.2) is 0 Å². The minimum absolute atomic E-state index is 0.159. The van der Waals surface area contributed by atoms with Crippen LogP contribution >= 0.6 is 11.8 Å². The number of rotatable bonds is 7. The van der Waals surface area contributed by atoms with Crippen molar-refractivity contribution in [3.8, 4) is 11.5 Å². The fourth-order valence-electron chi connectivity index (χ4n) is 3.05. The number of hydrogen-bond donors (Lipinski definition) is 0. The molecule has 1 aliphatic heterocycles. The van der Waals surface area contributed by atoms with E-state index < -0.39 is 0 Å². The number of ether oxygens (including phenoxy) is 2. The van der Waals surface area contributed by atoms with E-state index in [1.54, 1.807) is 37.7 Å². The Bertz CT molecular complexity index is 1170. The van der Waals surface area contributed by atoms with E-state index in [4.69, 9.17) is 13.9 Å². The summed E-state index contributed by atoms with van der Waals surface area (Å²) in [6, 6.07) is 18.6. The van der Waals surface area contributed by atoms with Gasteiger partial charge in [0.15, 0.2) is 5.17 Å². The Morgan fingerprint density at radius 3 is 2.56 bits per heavy atom. The lowest BCUT2D eigenvalue weighted by Gasteiger charge is -2.12. The molecule has 1 amide bonds. The van der Waals surface area contributed by atoms with Crippen LogP contribution < -0.4 is 9.47 Å². The molecule has 1 fully saturated rings. The monoisotopic (exact) mass is 447 g/mol. The fourth-order valence-corrected chi connectivity index (χ4v) is 3.98. The van der Waals surface area contributed by atoms with Crippen LogP contribution in [-0.2, 0) is 11.3 Å². The third-order valence-corrected chi connectivity index (χ3v) is 5.67. The molecule has 0 spiro atoms. The third kappa shape index (κ3) is 4.92. The highest BCUT2D eigenvalue weighted by Crippen LogP contribution is 2.34. The second-order valence-corrected chi connectivity index (χ2v) is 7.73. The van der Waals surface area contributed by atoms with Crippen molar-refractivity contribution in [1.29, 1.82) is 0 Å². The van der Waals surface area contributed by atoms with Crippen molar-refractivity contribution in [3.05, 3.63) is 88.7 Å². The number of nitrogens with zero attached hydrogens (tertiary/aromatic N) is 3. The molecule has 1 aliphatic rings. The van der Waals surface area contributed by atoms with Crippen LogP contribution in [0.15, 0.2) is 86.5 Å². The van der Waals surface area contributed by atoms with Gasteiger partial charge in [0.1, 0.15) is 17.3 Å². The van der Waals surface area contributed by atoms with Crippen LogP contribution in [0.4, 0.5) is 0 Å². The van der Waals surface area contributed by atoms with E-state index in [0.717, 1.165) is 16.9 Å². The van der Waals surface area contributed by atoms with Gasteiger partial charge >= 0.3 is 0 Å². The Labute approximate surface area is 190 Å². The van der Waals surface area contributed by atoms with Crippen LogP contribution in [0, 0.1) is 0 Å². The molecule has 0 atom stereocenters. The Balaban J connectivity index is 1.62. The van der Waals surface area contributed by atoms with E-state index in [1.807, 2.05) is 60.7 Å². The lowest BCUT2D eigenvalue weighted by Crippen LogP contribution is -2.28. The molecule has 0 bridgehead atoms. The molecule has 2 aromatic carbocycles. The molecule has 0 aliphatic carbocycles. The van der Waals surface area contributed by atoms with Crippen molar-refractivity contribution < 1.29 is 18.7 Å². The molecule has 0 N–H and O–H groups in total. The lowest BCUT2D eigenvalue weighted by atomic mass is 10.2. The third-order valence-electron chi connectivity index (χ3n) is 4.67. The Morgan fingerprint density at radius 2 is 1.84 bits per heavy atom. The van der Waals surface area contributed by atoms with E-state index in [2.05, 4.69) is 10.2 Å². The van der Waals surface area contributed by atoms with E-state index in [0.29, 0.717) is 21.6 Å². The maximum absolute atomic E-state index is 13.1. The zero-order valence-corrected chi connectivity index (χ0v) is 18.4. The first-order valence-electron chi connectivity index (χ1n) is 9.80. The maximum Gasteiger partial charge on any atom is 0.267 e. The predicted molar refractivity (Wildman–Crippen MR) is 126 cm³/mol. The molecule has 4 rings (SSSR count). The molecule has 8 heteroatoms. The molecule has 1 aromatic heterocycles. The highest BCUT2D eigenvalue weighted by molar-refractivity contribution is 8.18. The number of hydrogen-bond acceptors (Lipinski definition) is 7. The number of para-hydroxylation sites is 1. The van der Waals surface area contributed by atoms with Crippen molar-refractivity contribution in [2.24, 2.45) is 10.2 Å². The summed E-state index contributed by atoms with van der Waals surface area (Å²) >= 11 is 1.27. The van der Waals surface area contributed by atoms with E-state index in [9.17, 15) is 4.79 Å². The van der Waals surface area contributed by atoms with Crippen LogP contribution in [0.25, 0.3) is 6.08 Å². The largest absolute Gasteiger partial charge is 0.497 e. The van der Waals surface area contributed by atoms with Crippen molar-refractivity contribution in [2.45, 2.75) is 6.54 Å². The number of carbonyl (C=O) groups excluding carboxylic acids is 1. The molecule has 3 aromatic rings. The number of amidine groups is 1. The molecule has 7 nitrogen and oxygen atoms in total. The van der Waals surface area contributed by atoms with E-state index >= 15 is 0 Å². The Morgan fingerprint density at radius 1 is 1.03 bits per heavy atom. The average molecular weight is 448 g/mol. The smallest absolute Gasteiger partial charge is 0.267 e. The van der Waals surface area contributed by atoms with Crippen LogP contribution in [0.1, 0.15) is 16.9 Å². The Hall–Kier alpha value is -3.78. The minimum atomic E-state index is -0.159.